The molecule has 5 N–H and O–H groups in total. The number of amides is 1. The highest BCUT2D eigenvalue weighted by Crippen LogP contribution is 2.14. The van der Waals surface area contributed by atoms with Gasteiger partial charge in [-0.25, -0.2) is 17.6 Å². The number of aromatic nitrogens is 2. The molecule has 0 aliphatic carbocycles. The molecular weight excluding hydrogens is 405 g/mol. The minimum absolute atomic E-state index is 0.0960. The molecule has 29 heavy (non-hydrogen) atoms. The van der Waals surface area contributed by atoms with Crippen molar-refractivity contribution >= 4 is 27.3 Å². The van der Waals surface area contributed by atoms with Gasteiger partial charge in [0.2, 0.25) is 0 Å². The fraction of sp³-hybridized carbons (Fsp3) is 0. The Morgan fingerprint density at radius 3 is 2.17 bits per heavy atom. The topological polar surface area (TPSA) is 153 Å². The monoisotopic (exact) mass is 419 g/mol. The minimum atomic E-state index is -4.25. The van der Waals surface area contributed by atoms with Gasteiger partial charge in [-0.15, -0.1) is 0 Å². The Morgan fingerprint density at radius 2 is 1.55 bits per heavy atom. The lowest BCUT2D eigenvalue weighted by Crippen LogP contribution is -2.29. The van der Waals surface area contributed by atoms with Crippen LogP contribution in [0.3, 0.4) is 0 Å². The Hall–Kier alpha value is -3.93. The van der Waals surface area contributed by atoms with Crippen LogP contribution in [0, 0.1) is 5.82 Å². The van der Waals surface area contributed by atoms with Crippen LogP contribution in [0.4, 0.5) is 15.8 Å². The number of rotatable bonds is 6. The van der Waals surface area contributed by atoms with Crippen LogP contribution in [-0.4, -0.2) is 24.3 Å². The second kappa shape index (κ2) is 7.98. The number of carbonyl (C=O) groups is 1. The van der Waals surface area contributed by atoms with Crippen LogP contribution >= 0.6 is 0 Å². The van der Waals surface area contributed by atoms with Gasteiger partial charge in [-0.3, -0.25) is 30.1 Å². The summed E-state index contributed by atoms with van der Waals surface area (Å²) in [7, 11) is -4.25. The molecular formula is C17H14FN5O5S. The number of hydrogen-bond donors (Lipinski definition) is 5. The number of hydrogen-bond acceptors (Lipinski definition) is 6. The number of benzene rings is 2. The lowest BCUT2D eigenvalue weighted by atomic mass is 10.2. The first kappa shape index (κ1) is 19.8. The molecule has 10 nitrogen and oxygen atoms in total. The van der Waals surface area contributed by atoms with Gasteiger partial charge >= 0.3 is 5.69 Å². The van der Waals surface area contributed by atoms with E-state index in [1.165, 1.54) is 48.5 Å². The van der Waals surface area contributed by atoms with Gasteiger partial charge in [-0.2, -0.15) is 0 Å². The van der Waals surface area contributed by atoms with Crippen LogP contribution in [0.2, 0.25) is 0 Å². The van der Waals surface area contributed by atoms with Crippen LogP contribution in [0.1, 0.15) is 10.4 Å². The molecule has 3 aromatic rings. The number of H-pyrrole nitrogens is 2. The molecule has 0 saturated carbocycles. The number of sulfonamides is 1. The molecule has 150 valence electrons. The molecule has 0 atom stereocenters. The van der Waals surface area contributed by atoms with E-state index in [9.17, 15) is 27.2 Å². The van der Waals surface area contributed by atoms with Gasteiger partial charge < -0.3 is 4.98 Å². The second-order valence-electron chi connectivity index (χ2n) is 5.71. The molecule has 0 radical (unpaired) electrons. The van der Waals surface area contributed by atoms with E-state index in [1.54, 1.807) is 0 Å². The van der Waals surface area contributed by atoms with E-state index in [1.807, 2.05) is 4.98 Å². The SMILES string of the molecule is O=C(NNc1ccc(F)cc1)c1ccc(NS(=O)(=O)c2c[nH]c(=O)[nH]c2=O)cc1. The fourth-order valence-corrected chi connectivity index (χ4v) is 3.30. The maximum Gasteiger partial charge on any atom is 0.325 e. The Morgan fingerprint density at radius 1 is 0.931 bits per heavy atom. The molecule has 2 aromatic carbocycles. The Kier molecular flexibility index (Phi) is 5.45. The van der Waals surface area contributed by atoms with Crippen LogP contribution in [-0.2, 0) is 10.0 Å². The smallest absolute Gasteiger partial charge is 0.313 e. The van der Waals surface area contributed by atoms with E-state index in [-0.39, 0.29) is 11.3 Å². The number of nitrogens with one attached hydrogen (secondary N) is 5. The van der Waals surface area contributed by atoms with Gasteiger partial charge in [-0.1, -0.05) is 0 Å². The minimum Gasteiger partial charge on any atom is -0.313 e. The average molecular weight is 419 g/mol. The zero-order valence-corrected chi connectivity index (χ0v) is 15.3. The van der Waals surface area contributed by atoms with E-state index in [4.69, 9.17) is 0 Å². The van der Waals surface area contributed by atoms with Gasteiger partial charge in [0.15, 0.2) is 4.90 Å². The summed E-state index contributed by atoms with van der Waals surface area (Å²) in [5, 5.41) is 0. The number of aromatic amines is 2. The summed E-state index contributed by atoms with van der Waals surface area (Å²) >= 11 is 0. The standard InChI is InChI=1S/C17H14FN5O5S/c18-11-3-7-12(8-4-11)21-22-15(24)10-1-5-13(6-2-10)23-29(27,28)14-9-19-17(26)20-16(14)25/h1-9,21,23H,(H,22,24)(H2,19,20,25,26). The third kappa shape index (κ3) is 4.87. The Labute approximate surface area is 162 Å². The summed E-state index contributed by atoms with van der Waals surface area (Å²) in [5.74, 6) is -0.926. The molecule has 3 rings (SSSR count). The van der Waals surface area contributed by atoms with Gasteiger partial charge in [0, 0.05) is 17.4 Å². The van der Waals surface area contributed by atoms with Crippen molar-refractivity contribution in [2.75, 3.05) is 10.1 Å². The summed E-state index contributed by atoms with van der Waals surface area (Å²) in [6.45, 7) is 0. The highest BCUT2D eigenvalue weighted by Gasteiger charge is 2.19. The lowest BCUT2D eigenvalue weighted by Gasteiger charge is -2.10. The average Bonchev–Trinajstić information content (AvgIpc) is 2.67. The van der Waals surface area contributed by atoms with Crippen LogP contribution < -0.4 is 26.8 Å². The quantitative estimate of drug-likeness (QED) is 0.372. The Balaban J connectivity index is 1.67. The van der Waals surface area contributed by atoms with Crippen molar-refractivity contribution in [3.05, 3.63) is 86.9 Å². The normalized spacial score (nSPS) is 10.9. The van der Waals surface area contributed by atoms with Gasteiger partial charge in [0.05, 0.1) is 5.69 Å². The van der Waals surface area contributed by atoms with Gasteiger partial charge in [0.1, 0.15) is 5.82 Å². The molecule has 0 fully saturated rings. The van der Waals surface area contributed by atoms with Crippen molar-refractivity contribution in [1.29, 1.82) is 0 Å². The van der Waals surface area contributed by atoms with Crippen LogP contribution in [0.5, 0.6) is 0 Å². The zero-order valence-electron chi connectivity index (χ0n) is 14.5. The molecule has 1 heterocycles. The van der Waals surface area contributed by atoms with Crippen molar-refractivity contribution in [3.8, 4) is 0 Å². The highest BCUT2D eigenvalue weighted by molar-refractivity contribution is 7.92. The summed E-state index contributed by atoms with van der Waals surface area (Å²) < 4.78 is 39.6. The van der Waals surface area contributed by atoms with Crippen molar-refractivity contribution < 1.29 is 17.6 Å². The van der Waals surface area contributed by atoms with E-state index in [2.05, 4.69) is 20.6 Å². The third-order valence-corrected chi connectivity index (χ3v) is 5.03. The molecule has 12 heteroatoms. The van der Waals surface area contributed by atoms with Crippen molar-refractivity contribution in [2.45, 2.75) is 4.90 Å². The van der Waals surface area contributed by atoms with Crippen molar-refractivity contribution in [3.63, 3.8) is 0 Å². The largest absolute Gasteiger partial charge is 0.325 e. The maximum absolute atomic E-state index is 12.9. The molecule has 1 aromatic heterocycles. The zero-order chi connectivity index (χ0) is 21.0. The molecule has 0 bridgehead atoms. The third-order valence-electron chi connectivity index (χ3n) is 3.64. The van der Waals surface area contributed by atoms with Crippen LogP contribution in [0.25, 0.3) is 0 Å². The number of halogens is 1. The first-order valence-corrected chi connectivity index (χ1v) is 9.50. The van der Waals surface area contributed by atoms with Crippen LogP contribution in [0.15, 0.2) is 69.2 Å². The highest BCUT2D eigenvalue weighted by atomic mass is 32.2. The molecule has 0 aliphatic heterocycles. The van der Waals surface area contributed by atoms with E-state index in [0.29, 0.717) is 5.69 Å². The van der Waals surface area contributed by atoms with Crippen molar-refractivity contribution in [2.24, 2.45) is 0 Å². The summed E-state index contributed by atoms with van der Waals surface area (Å²) in [6, 6.07) is 10.7. The second-order valence-corrected chi connectivity index (χ2v) is 7.36. The lowest BCUT2D eigenvalue weighted by molar-refractivity contribution is 0.0962. The first-order valence-electron chi connectivity index (χ1n) is 8.01. The number of hydrazine groups is 1. The van der Waals surface area contributed by atoms with Gasteiger partial charge in [-0.05, 0) is 48.5 Å². The predicted molar refractivity (Wildman–Crippen MR) is 102 cm³/mol. The molecule has 0 saturated heterocycles. The molecule has 0 unspecified atom stereocenters. The molecule has 0 spiro atoms. The van der Waals surface area contributed by atoms with E-state index < -0.39 is 37.9 Å². The molecule has 0 aliphatic rings. The first-order chi connectivity index (χ1) is 13.7. The molecule has 1 amide bonds. The fourth-order valence-electron chi connectivity index (χ4n) is 2.23. The number of anilines is 2. The predicted octanol–water partition coefficient (Wildman–Crippen LogP) is 0.760. The van der Waals surface area contributed by atoms with Gasteiger partial charge in [0.25, 0.3) is 21.5 Å². The summed E-state index contributed by atoms with van der Waals surface area (Å²) in [6.07, 6.45) is 0.784. The maximum atomic E-state index is 12.9. The summed E-state index contributed by atoms with van der Waals surface area (Å²) in [5.41, 5.74) is 3.90. The number of carbonyl (C=O) groups excluding carboxylic acids is 1. The summed E-state index contributed by atoms with van der Waals surface area (Å²) in [4.78, 5) is 38.0. The van der Waals surface area contributed by atoms with E-state index >= 15 is 0 Å². The van der Waals surface area contributed by atoms with Crippen molar-refractivity contribution in [1.82, 2.24) is 15.4 Å². The Bertz CT molecular complexity index is 1250. The van der Waals surface area contributed by atoms with E-state index in [0.717, 1.165) is 6.20 Å².